The van der Waals surface area contributed by atoms with Gasteiger partial charge in [-0.25, -0.2) is 0 Å². The van der Waals surface area contributed by atoms with Crippen molar-refractivity contribution in [2.75, 3.05) is 0 Å². The van der Waals surface area contributed by atoms with Crippen LogP contribution in [0, 0.1) is 0 Å². The Hall–Kier alpha value is -1.41. The van der Waals surface area contributed by atoms with Gasteiger partial charge >= 0.3 is 0 Å². The molecule has 15 heavy (non-hydrogen) atoms. The summed E-state index contributed by atoms with van der Waals surface area (Å²) in [4.78, 5) is 4.34. The van der Waals surface area contributed by atoms with Crippen molar-refractivity contribution in [3.63, 3.8) is 0 Å². The number of hydrogen-bond donors (Lipinski definition) is 1. The van der Waals surface area contributed by atoms with Gasteiger partial charge in [-0.05, 0) is 23.4 Å². The van der Waals surface area contributed by atoms with Gasteiger partial charge in [0.15, 0.2) is 0 Å². The predicted octanol–water partition coefficient (Wildman–Crippen LogP) is 2.65. The van der Waals surface area contributed by atoms with Gasteiger partial charge in [-0.1, -0.05) is 31.5 Å². The fourth-order valence-corrected chi connectivity index (χ4v) is 1.88. The third-order valence-corrected chi connectivity index (χ3v) is 2.64. The number of rotatable bonds is 3. The van der Waals surface area contributed by atoms with E-state index in [4.69, 9.17) is 5.73 Å². The number of fused-ring (bicyclic) bond motifs is 1. The molecule has 0 amide bonds. The van der Waals surface area contributed by atoms with Gasteiger partial charge in [0.05, 0.1) is 5.69 Å². The maximum atomic E-state index is 5.58. The minimum atomic E-state index is 0.508. The second-order valence-corrected chi connectivity index (χ2v) is 3.77. The molecule has 2 N–H and O–H groups in total. The summed E-state index contributed by atoms with van der Waals surface area (Å²) in [5.74, 6) is 0. The summed E-state index contributed by atoms with van der Waals surface area (Å²) < 4.78 is 0. The molecule has 0 unspecified atom stereocenters. The van der Waals surface area contributed by atoms with E-state index in [1.807, 2.05) is 6.20 Å². The van der Waals surface area contributed by atoms with Crippen LogP contribution in [0.2, 0.25) is 0 Å². The average molecular weight is 200 g/mol. The van der Waals surface area contributed by atoms with Gasteiger partial charge < -0.3 is 5.73 Å². The van der Waals surface area contributed by atoms with Crippen molar-refractivity contribution >= 4 is 10.8 Å². The number of nitrogens with zero attached hydrogens (tertiary/aromatic N) is 1. The molecule has 0 saturated heterocycles. The van der Waals surface area contributed by atoms with E-state index in [0.717, 1.165) is 18.5 Å². The van der Waals surface area contributed by atoms with Gasteiger partial charge in [-0.2, -0.15) is 0 Å². The fraction of sp³-hybridized carbons (Fsp3) is 0.308. The van der Waals surface area contributed by atoms with Gasteiger partial charge in [-0.3, -0.25) is 4.98 Å². The Morgan fingerprint density at radius 2 is 2.20 bits per heavy atom. The average Bonchev–Trinajstić information content (AvgIpc) is 2.29. The zero-order valence-corrected chi connectivity index (χ0v) is 9.03. The molecule has 0 saturated carbocycles. The van der Waals surface area contributed by atoms with Gasteiger partial charge in [-0.15, -0.1) is 0 Å². The van der Waals surface area contributed by atoms with Crippen LogP contribution in [0.4, 0.5) is 0 Å². The first-order chi connectivity index (χ1) is 7.35. The van der Waals surface area contributed by atoms with Crippen LogP contribution in [0.3, 0.4) is 0 Å². The van der Waals surface area contributed by atoms with E-state index < -0.39 is 0 Å². The molecule has 0 spiro atoms. The van der Waals surface area contributed by atoms with E-state index in [1.165, 1.54) is 16.3 Å². The van der Waals surface area contributed by atoms with Gasteiger partial charge in [0.1, 0.15) is 0 Å². The molecule has 78 valence electrons. The molecule has 2 aromatic rings. The maximum absolute atomic E-state index is 5.58. The molecule has 0 bridgehead atoms. The summed E-state index contributed by atoms with van der Waals surface area (Å²) in [6.07, 6.45) is 4.22. The number of hydrogen-bond acceptors (Lipinski definition) is 2. The number of nitrogens with two attached hydrogens (primary N) is 1. The lowest BCUT2D eigenvalue weighted by molar-refractivity contribution is 0.927. The van der Waals surface area contributed by atoms with Crippen LogP contribution in [-0.2, 0) is 13.0 Å². The molecule has 1 aromatic heterocycles. The van der Waals surface area contributed by atoms with E-state index >= 15 is 0 Å². The highest BCUT2D eigenvalue weighted by Crippen LogP contribution is 2.19. The van der Waals surface area contributed by atoms with E-state index in [2.05, 4.69) is 36.2 Å². The molecule has 0 atom stereocenters. The van der Waals surface area contributed by atoms with Crippen molar-refractivity contribution in [2.45, 2.75) is 26.3 Å². The minimum Gasteiger partial charge on any atom is -0.325 e. The summed E-state index contributed by atoms with van der Waals surface area (Å²) in [5.41, 5.74) is 7.91. The van der Waals surface area contributed by atoms with Crippen molar-refractivity contribution in [3.05, 3.63) is 41.7 Å². The van der Waals surface area contributed by atoms with E-state index in [0.29, 0.717) is 6.54 Å². The Balaban J connectivity index is 2.56. The molecular weight excluding hydrogens is 184 g/mol. The summed E-state index contributed by atoms with van der Waals surface area (Å²) >= 11 is 0. The second-order valence-electron chi connectivity index (χ2n) is 3.77. The smallest absolute Gasteiger partial charge is 0.0545 e. The zero-order valence-electron chi connectivity index (χ0n) is 9.03. The van der Waals surface area contributed by atoms with Gasteiger partial charge in [0.25, 0.3) is 0 Å². The second kappa shape index (κ2) is 4.41. The molecule has 0 radical (unpaired) electrons. The van der Waals surface area contributed by atoms with Crippen molar-refractivity contribution in [2.24, 2.45) is 5.73 Å². The number of aromatic nitrogens is 1. The van der Waals surface area contributed by atoms with Crippen LogP contribution in [0.15, 0.2) is 30.5 Å². The molecule has 1 aromatic carbocycles. The van der Waals surface area contributed by atoms with Crippen LogP contribution in [0.1, 0.15) is 24.6 Å². The summed E-state index contributed by atoms with van der Waals surface area (Å²) in [6.45, 7) is 2.70. The summed E-state index contributed by atoms with van der Waals surface area (Å²) in [7, 11) is 0. The molecule has 0 aliphatic heterocycles. The molecule has 1 heterocycles. The Bertz CT molecular complexity index is 463. The molecule has 2 nitrogen and oxygen atoms in total. The lowest BCUT2D eigenvalue weighted by Crippen LogP contribution is -1.99. The van der Waals surface area contributed by atoms with Crippen LogP contribution >= 0.6 is 0 Å². The maximum Gasteiger partial charge on any atom is 0.0545 e. The van der Waals surface area contributed by atoms with Crippen molar-refractivity contribution in [1.29, 1.82) is 0 Å². The largest absolute Gasteiger partial charge is 0.325 e. The Morgan fingerprint density at radius 3 is 2.93 bits per heavy atom. The first kappa shape index (κ1) is 10.1. The standard InChI is InChI=1S/C13H16N2/c1-2-4-10-5-3-6-11-7-12(8-14)15-9-13(10)11/h3,5-7,9H,2,4,8,14H2,1H3. The van der Waals surface area contributed by atoms with Crippen molar-refractivity contribution in [3.8, 4) is 0 Å². The van der Waals surface area contributed by atoms with E-state index in [9.17, 15) is 0 Å². The zero-order chi connectivity index (χ0) is 10.7. The highest BCUT2D eigenvalue weighted by Gasteiger charge is 2.01. The Labute approximate surface area is 90.1 Å². The molecule has 0 fully saturated rings. The highest BCUT2D eigenvalue weighted by molar-refractivity contribution is 5.85. The van der Waals surface area contributed by atoms with E-state index in [-0.39, 0.29) is 0 Å². The SMILES string of the molecule is CCCc1cccc2cc(CN)ncc12. The predicted molar refractivity (Wildman–Crippen MR) is 63.6 cm³/mol. The van der Waals surface area contributed by atoms with Crippen molar-refractivity contribution in [1.82, 2.24) is 4.98 Å². The molecule has 2 rings (SSSR count). The first-order valence-electron chi connectivity index (χ1n) is 5.41. The normalized spacial score (nSPS) is 10.8. The van der Waals surface area contributed by atoms with Crippen LogP contribution < -0.4 is 5.73 Å². The van der Waals surface area contributed by atoms with Crippen LogP contribution in [0.25, 0.3) is 10.8 Å². The molecule has 2 heteroatoms. The lowest BCUT2D eigenvalue weighted by Gasteiger charge is -2.05. The quantitative estimate of drug-likeness (QED) is 0.827. The third-order valence-electron chi connectivity index (χ3n) is 2.64. The molecular formula is C13H16N2. The summed E-state index contributed by atoms with van der Waals surface area (Å²) in [6, 6.07) is 8.48. The van der Waals surface area contributed by atoms with Gasteiger partial charge in [0, 0.05) is 18.1 Å². The first-order valence-corrected chi connectivity index (χ1v) is 5.41. The van der Waals surface area contributed by atoms with Gasteiger partial charge in [0.2, 0.25) is 0 Å². The Morgan fingerprint density at radius 1 is 1.33 bits per heavy atom. The number of aryl methyl sites for hydroxylation is 1. The van der Waals surface area contributed by atoms with Crippen molar-refractivity contribution < 1.29 is 0 Å². The lowest BCUT2D eigenvalue weighted by atomic mass is 10.0. The highest BCUT2D eigenvalue weighted by atomic mass is 14.7. The fourth-order valence-electron chi connectivity index (χ4n) is 1.88. The van der Waals surface area contributed by atoms with E-state index in [1.54, 1.807) is 0 Å². The number of benzene rings is 1. The monoisotopic (exact) mass is 200 g/mol. The number of pyridine rings is 1. The van der Waals surface area contributed by atoms with Crippen LogP contribution in [0.5, 0.6) is 0 Å². The summed E-state index contributed by atoms with van der Waals surface area (Å²) in [5, 5.41) is 2.51. The van der Waals surface area contributed by atoms with Crippen LogP contribution in [-0.4, -0.2) is 4.98 Å². The third kappa shape index (κ3) is 2.00. The topological polar surface area (TPSA) is 38.9 Å². The Kier molecular flexibility index (Phi) is 2.97. The minimum absolute atomic E-state index is 0.508. The molecule has 0 aliphatic carbocycles. The molecule has 0 aliphatic rings.